The Morgan fingerprint density at radius 2 is 1.42 bits per heavy atom. The van der Waals surface area contributed by atoms with Crippen LogP contribution in [0.4, 0.5) is 0 Å². The van der Waals surface area contributed by atoms with Crippen molar-refractivity contribution in [2.75, 3.05) is 0 Å². The molecule has 0 heterocycles. The molecular formula is C20H18O4. The molecular weight excluding hydrogens is 304 g/mol. The van der Waals surface area contributed by atoms with Crippen molar-refractivity contribution >= 4 is 17.5 Å². The van der Waals surface area contributed by atoms with E-state index in [-0.39, 0.29) is 24.1 Å². The summed E-state index contributed by atoms with van der Waals surface area (Å²) in [4.78, 5) is 38.5. The van der Waals surface area contributed by atoms with Crippen molar-refractivity contribution in [3.63, 3.8) is 0 Å². The molecule has 0 radical (unpaired) electrons. The first-order valence-corrected chi connectivity index (χ1v) is 7.90. The summed E-state index contributed by atoms with van der Waals surface area (Å²) in [6.07, 6.45) is -0.596. The highest BCUT2D eigenvalue weighted by Gasteiger charge is 2.55. The van der Waals surface area contributed by atoms with E-state index in [0.29, 0.717) is 16.7 Å². The normalized spacial score (nSPS) is 15.5. The zero-order chi connectivity index (χ0) is 17.3. The minimum absolute atomic E-state index is 0.290. The number of rotatable bonds is 4. The maximum absolute atomic E-state index is 13.1. The molecule has 0 atom stereocenters. The van der Waals surface area contributed by atoms with Gasteiger partial charge in [-0.2, -0.15) is 0 Å². The third kappa shape index (κ3) is 2.44. The molecule has 0 aliphatic heterocycles. The van der Waals surface area contributed by atoms with Gasteiger partial charge < -0.3 is 4.74 Å². The van der Waals surface area contributed by atoms with Crippen LogP contribution in [0.3, 0.4) is 0 Å². The second-order valence-electron chi connectivity index (χ2n) is 6.19. The van der Waals surface area contributed by atoms with Crippen LogP contribution in [0.1, 0.15) is 46.5 Å². The van der Waals surface area contributed by atoms with Crippen molar-refractivity contribution in [1.82, 2.24) is 0 Å². The Bertz CT molecular complexity index is 770. The Hall–Kier alpha value is -2.75. The van der Waals surface area contributed by atoms with E-state index in [1.54, 1.807) is 68.4 Å². The lowest BCUT2D eigenvalue weighted by Gasteiger charge is -2.26. The SMILES string of the molecule is CC(C)OC(=O)CC1(c2ccccc2)C(=O)c2ccccc2C1=O. The second kappa shape index (κ2) is 6.04. The van der Waals surface area contributed by atoms with Crippen LogP contribution in [0.5, 0.6) is 0 Å². The van der Waals surface area contributed by atoms with Gasteiger partial charge in [0, 0.05) is 11.1 Å². The summed E-state index contributed by atoms with van der Waals surface area (Å²) in [6, 6.07) is 15.5. The van der Waals surface area contributed by atoms with Crippen LogP contribution in [-0.2, 0) is 14.9 Å². The quantitative estimate of drug-likeness (QED) is 0.640. The van der Waals surface area contributed by atoms with Crippen LogP contribution in [0.2, 0.25) is 0 Å². The lowest BCUT2D eigenvalue weighted by Crippen LogP contribution is -2.41. The summed E-state index contributed by atoms with van der Waals surface area (Å²) in [5.41, 5.74) is -0.277. The number of esters is 1. The minimum atomic E-state index is -1.53. The summed E-state index contributed by atoms with van der Waals surface area (Å²) in [7, 11) is 0. The van der Waals surface area contributed by atoms with Crippen LogP contribution >= 0.6 is 0 Å². The molecule has 2 aromatic rings. The van der Waals surface area contributed by atoms with Gasteiger partial charge in [-0.15, -0.1) is 0 Å². The number of hydrogen-bond acceptors (Lipinski definition) is 4. The van der Waals surface area contributed by atoms with Gasteiger partial charge in [-0.1, -0.05) is 54.6 Å². The molecule has 3 rings (SSSR count). The van der Waals surface area contributed by atoms with E-state index in [4.69, 9.17) is 4.74 Å². The number of fused-ring (bicyclic) bond motifs is 1. The zero-order valence-electron chi connectivity index (χ0n) is 13.6. The van der Waals surface area contributed by atoms with E-state index >= 15 is 0 Å². The minimum Gasteiger partial charge on any atom is -0.463 e. The molecule has 0 N–H and O–H groups in total. The van der Waals surface area contributed by atoms with Crippen LogP contribution in [-0.4, -0.2) is 23.6 Å². The second-order valence-corrected chi connectivity index (χ2v) is 6.19. The van der Waals surface area contributed by atoms with Crippen molar-refractivity contribution in [3.8, 4) is 0 Å². The van der Waals surface area contributed by atoms with Crippen molar-refractivity contribution in [2.24, 2.45) is 0 Å². The van der Waals surface area contributed by atoms with Crippen LogP contribution in [0.15, 0.2) is 54.6 Å². The number of Topliss-reactive ketones (excluding diaryl/α,β-unsaturated/α-hetero) is 2. The molecule has 4 nitrogen and oxygen atoms in total. The van der Waals surface area contributed by atoms with Crippen molar-refractivity contribution < 1.29 is 19.1 Å². The monoisotopic (exact) mass is 322 g/mol. The van der Waals surface area contributed by atoms with E-state index in [1.807, 2.05) is 0 Å². The maximum atomic E-state index is 13.1. The summed E-state index contributed by atoms with van der Waals surface area (Å²) in [5, 5.41) is 0. The fourth-order valence-corrected chi connectivity index (χ4v) is 3.21. The molecule has 0 saturated heterocycles. The third-order valence-electron chi connectivity index (χ3n) is 4.23. The van der Waals surface area contributed by atoms with Gasteiger partial charge in [0.2, 0.25) is 0 Å². The molecule has 0 spiro atoms. The Labute approximate surface area is 140 Å². The number of hydrogen-bond donors (Lipinski definition) is 0. The molecule has 0 bridgehead atoms. The van der Waals surface area contributed by atoms with Crippen molar-refractivity contribution in [3.05, 3.63) is 71.3 Å². The fraction of sp³-hybridized carbons (Fsp3) is 0.250. The average molecular weight is 322 g/mol. The van der Waals surface area contributed by atoms with Gasteiger partial charge in [-0.25, -0.2) is 0 Å². The van der Waals surface area contributed by atoms with Gasteiger partial charge in [0.05, 0.1) is 12.5 Å². The molecule has 1 aliphatic carbocycles. The molecule has 0 amide bonds. The Balaban J connectivity index is 2.13. The molecule has 0 fully saturated rings. The predicted octanol–water partition coefficient (Wildman–Crippen LogP) is 3.35. The van der Waals surface area contributed by atoms with Gasteiger partial charge >= 0.3 is 5.97 Å². The van der Waals surface area contributed by atoms with E-state index in [2.05, 4.69) is 0 Å². The van der Waals surface area contributed by atoms with Gasteiger partial charge in [0.25, 0.3) is 0 Å². The van der Waals surface area contributed by atoms with Gasteiger partial charge in [-0.05, 0) is 19.4 Å². The number of carbonyl (C=O) groups is 3. The number of ether oxygens (including phenoxy) is 1. The first-order valence-electron chi connectivity index (χ1n) is 7.90. The van der Waals surface area contributed by atoms with Crippen LogP contribution < -0.4 is 0 Å². The molecule has 122 valence electrons. The fourth-order valence-electron chi connectivity index (χ4n) is 3.21. The molecule has 0 saturated carbocycles. The van der Waals surface area contributed by atoms with E-state index in [9.17, 15) is 14.4 Å². The van der Waals surface area contributed by atoms with Gasteiger partial charge in [-0.3, -0.25) is 14.4 Å². The largest absolute Gasteiger partial charge is 0.463 e. The van der Waals surface area contributed by atoms with Crippen LogP contribution in [0.25, 0.3) is 0 Å². The van der Waals surface area contributed by atoms with E-state index < -0.39 is 11.4 Å². The molecule has 4 heteroatoms. The summed E-state index contributed by atoms with van der Waals surface area (Å²) in [5.74, 6) is -1.23. The molecule has 2 aromatic carbocycles. The number of benzene rings is 2. The van der Waals surface area contributed by atoms with Gasteiger partial charge in [0.15, 0.2) is 11.6 Å². The lowest BCUT2D eigenvalue weighted by molar-refractivity contribution is -0.148. The highest BCUT2D eigenvalue weighted by molar-refractivity contribution is 6.34. The summed E-state index contributed by atoms with van der Waals surface area (Å²) >= 11 is 0. The Morgan fingerprint density at radius 3 is 1.92 bits per heavy atom. The first kappa shape index (κ1) is 16.1. The van der Waals surface area contributed by atoms with Crippen LogP contribution in [0, 0.1) is 0 Å². The maximum Gasteiger partial charge on any atom is 0.307 e. The van der Waals surface area contributed by atoms with Crippen molar-refractivity contribution in [2.45, 2.75) is 31.8 Å². The van der Waals surface area contributed by atoms with Gasteiger partial charge in [0.1, 0.15) is 5.41 Å². The highest BCUT2D eigenvalue weighted by Crippen LogP contribution is 2.42. The third-order valence-corrected chi connectivity index (χ3v) is 4.23. The lowest BCUT2D eigenvalue weighted by atomic mass is 9.73. The van der Waals surface area contributed by atoms with E-state index in [1.165, 1.54) is 0 Å². The number of carbonyl (C=O) groups excluding carboxylic acids is 3. The standard InChI is InChI=1S/C20H18O4/c1-13(2)24-17(21)12-20(14-8-4-3-5-9-14)18(22)15-10-6-7-11-16(15)19(20)23/h3-11,13H,12H2,1-2H3. The van der Waals surface area contributed by atoms with E-state index in [0.717, 1.165) is 0 Å². The zero-order valence-corrected chi connectivity index (χ0v) is 13.6. The summed E-state index contributed by atoms with van der Waals surface area (Å²) < 4.78 is 5.21. The molecule has 0 aromatic heterocycles. The predicted molar refractivity (Wildman–Crippen MR) is 89.1 cm³/mol. The first-order chi connectivity index (χ1) is 11.5. The summed E-state index contributed by atoms with van der Waals surface area (Å²) in [6.45, 7) is 3.47. The number of ketones is 2. The topological polar surface area (TPSA) is 60.4 Å². The molecule has 1 aliphatic rings. The highest BCUT2D eigenvalue weighted by atomic mass is 16.5. The Morgan fingerprint density at radius 1 is 0.917 bits per heavy atom. The molecule has 24 heavy (non-hydrogen) atoms. The average Bonchev–Trinajstić information content (AvgIpc) is 2.78. The Kier molecular flexibility index (Phi) is 4.06. The van der Waals surface area contributed by atoms with Crippen molar-refractivity contribution in [1.29, 1.82) is 0 Å². The smallest absolute Gasteiger partial charge is 0.307 e. The molecule has 0 unspecified atom stereocenters.